The van der Waals surface area contributed by atoms with Crippen molar-refractivity contribution in [1.29, 1.82) is 0 Å². The Bertz CT molecular complexity index is 112. The Balaban J connectivity index is 2.31. The molecule has 0 spiro atoms. The van der Waals surface area contributed by atoms with Gasteiger partial charge in [0.25, 0.3) is 0 Å². The van der Waals surface area contributed by atoms with Crippen LogP contribution in [0, 0.1) is 0 Å². The smallest absolute Gasteiger partial charge is 0.116 e. The second kappa shape index (κ2) is 3.39. The minimum absolute atomic E-state index is 0.0266. The van der Waals surface area contributed by atoms with E-state index in [0.717, 1.165) is 18.1 Å². The lowest BCUT2D eigenvalue weighted by atomic mass is 10.4. The Morgan fingerprint density at radius 3 is 2.89 bits per heavy atom. The Kier molecular flexibility index (Phi) is 2.75. The monoisotopic (exact) mass is 163 g/mol. The summed E-state index contributed by atoms with van der Waals surface area (Å²) in [6, 6.07) is 0. The van der Waals surface area contributed by atoms with Crippen LogP contribution < -0.4 is 5.73 Å². The number of hydrogen-bond donors (Lipinski definition) is 1. The zero-order chi connectivity index (χ0) is 6.69. The second-order valence-electron chi connectivity index (χ2n) is 1.84. The van der Waals surface area contributed by atoms with Gasteiger partial charge in [-0.3, -0.25) is 0 Å². The lowest BCUT2D eigenvalue weighted by Gasteiger charge is -2.20. The van der Waals surface area contributed by atoms with Crippen LogP contribution in [0.1, 0.15) is 0 Å². The van der Waals surface area contributed by atoms with E-state index in [1.165, 1.54) is 0 Å². The fourth-order valence-corrected chi connectivity index (χ4v) is 1.78. The van der Waals surface area contributed by atoms with Gasteiger partial charge in [-0.05, 0) is 0 Å². The van der Waals surface area contributed by atoms with Gasteiger partial charge in [0.1, 0.15) is 11.1 Å². The van der Waals surface area contributed by atoms with Crippen LogP contribution >= 0.6 is 24.0 Å². The van der Waals surface area contributed by atoms with Crippen LogP contribution in [0.25, 0.3) is 0 Å². The molecule has 1 aliphatic heterocycles. The van der Waals surface area contributed by atoms with E-state index in [9.17, 15) is 0 Å². The Morgan fingerprint density at radius 2 is 2.56 bits per heavy atom. The van der Waals surface area contributed by atoms with Gasteiger partial charge in [-0.2, -0.15) is 11.8 Å². The number of ether oxygens (including phenoxy) is 1. The summed E-state index contributed by atoms with van der Waals surface area (Å²) in [7, 11) is 0. The summed E-state index contributed by atoms with van der Waals surface area (Å²) < 4.78 is 5.25. The number of nitrogens with two attached hydrogens (primary N) is 1. The molecular weight excluding hydrogens is 154 g/mol. The van der Waals surface area contributed by atoms with Gasteiger partial charge in [0.15, 0.2) is 0 Å². The van der Waals surface area contributed by atoms with Crippen LogP contribution in [0.4, 0.5) is 0 Å². The maximum Gasteiger partial charge on any atom is 0.116 e. The highest BCUT2D eigenvalue weighted by molar-refractivity contribution is 7.99. The average molecular weight is 163 g/mol. The van der Waals surface area contributed by atoms with E-state index >= 15 is 0 Å². The molecule has 4 heteroatoms. The third-order valence-corrected chi connectivity index (χ3v) is 2.39. The molecule has 1 unspecified atom stereocenters. The fourth-order valence-electron chi connectivity index (χ4n) is 0.652. The molecule has 0 aromatic heterocycles. The maximum atomic E-state index is 5.36. The summed E-state index contributed by atoms with van der Waals surface area (Å²) in [4.78, 5) is 0.488. The molecule has 1 rings (SSSR count). The van der Waals surface area contributed by atoms with E-state index in [1.54, 1.807) is 0 Å². The van der Waals surface area contributed by atoms with Crippen LogP contribution in [-0.4, -0.2) is 29.2 Å². The van der Waals surface area contributed by atoms with Crippen LogP contribution in [0.3, 0.4) is 0 Å². The van der Waals surface area contributed by atoms with Gasteiger partial charge in [-0.25, -0.2) is 0 Å². The second-order valence-corrected chi connectivity index (χ2v) is 3.46. The van der Waals surface area contributed by atoms with Crippen molar-refractivity contribution in [3.05, 3.63) is 0 Å². The molecular formula is C5H9NOS2. The van der Waals surface area contributed by atoms with E-state index < -0.39 is 0 Å². The van der Waals surface area contributed by atoms with Crippen molar-refractivity contribution in [3.8, 4) is 0 Å². The molecule has 0 bridgehead atoms. The van der Waals surface area contributed by atoms with Crippen LogP contribution in [0.5, 0.6) is 0 Å². The van der Waals surface area contributed by atoms with Gasteiger partial charge >= 0.3 is 0 Å². The van der Waals surface area contributed by atoms with E-state index in [1.807, 2.05) is 11.8 Å². The minimum atomic E-state index is 0.0266. The lowest BCUT2D eigenvalue weighted by molar-refractivity contribution is 0.122. The van der Waals surface area contributed by atoms with Crippen molar-refractivity contribution in [1.82, 2.24) is 0 Å². The molecule has 0 aliphatic carbocycles. The molecule has 9 heavy (non-hydrogen) atoms. The van der Waals surface area contributed by atoms with E-state index in [2.05, 4.69) is 0 Å². The first-order chi connectivity index (χ1) is 4.30. The molecule has 1 heterocycles. The summed E-state index contributed by atoms with van der Waals surface area (Å²) in [5, 5.41) is 0. The van der Waals surface area contributed by atoms with E-state index in [4.69, 9.17) is 22.7 Å². The Hall–Kier alpha value is 0.200. The molecule has 2 nitrogen and oxygen atoms in total. The van der Waals surface area contributed by atoms with Gasteiger partial charge in [0.05, 0.1) is 6.61 Å². The molecule has 52 valence electrons. The highest BCUT2D eigenvalue weighted by Gasteiger charge is 2.15. The number of thioether (sulfide) groups is 1. The van der Waals surface area contributed by atoms with Gasteiger partial charge in [0, 0.05) is 11.5 Å². The first kappa shape index (κ1) is 7.31. The van der Waals surface area contributed by atoms with Crippen LogP contribution in [0.2, 0.25) is 0 Å². The highest BCUT2D eigenvalue weighted by Crippen LogP contribution is 2.12. The quantitative estimate of drug-likeness (QED) is 0.568. The van der Waals surface area contributed by atoms with Crippen molar-refractivity contribution in [2.75, 3.05) is 18.1 Å². The summed E-state index contributed by atoms with van der Waals surface area (Å²) in [5.74, 6) is 1.99. The van der Waals surface area contributed by atoms with Crippen LogP contribution in [0.15, 0.2) is 0 Å². The minimum Gasteiger partial charge on any atom is -0.391 e. The molecule has 0 aromatic rings. The summed E-state index contributed by atoms with van der Waals surface area (Å²) in [6.45, 7) is 0.784. The van der Waals surface area contributed by atoms with Crippen LogP contribution in [-0.2, 0) is 4.74 Å². The predicted molar refractivity (Wildman–Crippen MR) is 43.9 cm³/mol. The first-order valence-corrected chi connectivity index (χ1v) is 4.35. The SMILES string of the molecule is NC(=S)C1CSCCO1. The van der Waals surface area contributed by atoms with Crippen molar-refractivity contribution in [2.24, 2.45) is 5.73 Å². The van der Waals surface area contributed by atoms with Gasteiger partial charge in [0.2, 0.25) is 0 Å². The zero-order valence-corrected chi connectivity index (χ0v) is 6.63. The molecule has 0 amide bonds. The number of thiocarbonyl (C=S) groups is 1. The normalized spacial score (nSPS) is 27.8. The number of hydrogen-bond acceptors (Lipinski definition) is 3. The van der Waals surface area contributed by atoms with Crippen molar-refractivity contribution < 1.29 is 4.74 Å². The molecule has 0 radical (unpaired) electrons. The third-order valence-electron chi connectivity index (χ3n) is 1.13. The summed E-state index contributed by atoms with van der Waals surface area (Å²) >= 11 is 6.59. The maximum absolute atomic E-state index is 5.36. The molecule has 1 fully saturated rings. The predicted octanol–water partition coefficient (Wildman–Crippen LogP) is 0.405. The van der Waals surface area contributed by atoms with Crippen molar-refractivity contribution in [3.63, 3.8) is 0 Å². The largest absolute Gasteiger partial charge is 0.391 e. The van der Waals surface area contributed by atoms with Crippen molar-refractivity contribution in [2.45, 2.75) is 6.10 Å². The molecule has 1 aliphatic rings. The zero-order valence-electron chi connectivity index (χ0n) is 5.00. The highest BCUT2D eigenvalue weighted by atomic mass is 32.2. The number of rotatable bonds is 1. The van der Waals surface area contributed by atoms with Crippen molar-refractivity contribution >= 4 is 29.0 Å². The standard InChI is InChI=1S/C5H9NOS2/c6-5(8)4-3-9-2-1-7-4/h4H,1-3H2,(H2,6,8). The van der Waals surface area contributed by atoms with Gasteiger partial charge in [-0.1, -0.05) is 12.2 Å². The average Bonchev–Trinajstić information content (AvgIpc) is 1.90. The molecule has 1 saturated heterocycles. The Labute approximate surface area is 64.1 Å². The molecule has 0 saturated carbocycles. The molecule has 1 atom stereocenters. The Morgan fingerprint density at radius 1 is 1.78 bits per heavy atom. The van der Waals surface area contributed by atoms with Gasteiger partial charge in [-0.15, -0.1) is 0 Å². The molecule has 0 aromatic carbocycles. The lowest BCUT2D eigenvalue weighted by Crippen LogP contribution is -2.35. The third kappa shape index (κ3) is 2.12. The topological polar surface area (TPSA) is 35.2 Å². The van der Waals surface area contributed by atoms with Gasteiger partial charge < -0.3 is 10.5 Å². The molecule has 2 N–H and O–H groups in total. The summed E-state index contributed by atoms with van der Waals surface area (Å²) in [5.41, 5.74) is 5.36. The summed E-state index contributed by atoms with van der Waals surface area (Å²) in [6.07, 6.45) is 0.0266. The first-order valence-electron chi connectivity index (χ1n) is 2.79. The fraction of sp³-hybridized carbons (Fsp3) is 0.800. The van der Waals surface area contributed by atoms with E-state index in [0.29, 0.717) is 4.99 Å². The van der Waals surface area contributed by atoms with E-state index in [-0.39, 0.29) is 6.10 Å².